The second-order valence-corrected chi connectivity index (χ2v) is 6.14. The molecular weight excluding hydrogens is 343 g/mol. The Hall–Kier alpha value is -1.49. The molecule has 3 rings (SSSR count). The summed E-state index contributed by atoms with van der Waals surface area (Å²) >= 11 is 3.44. The lowest BCUT2D eigenvalue weighted by atomic mass is 9.88. The Labute approximate surface area is 129 Å². The number of halogens is 4. The van der Waals surface area contributed by atoms with Gasteiger partial charge in [-0.15, -0.1) is 0 Å². The van der Waals surface area contributed by atoms with Gasteiger partial charge in [-0.05, 0) is 54.7 Å². The number of benzene rings is 2. The standard InChI is InChI=1S/C16H13BrF3N/c17-11-3-1-10-8-12(4-2-9(10)7-11)21-14-6-5-13(18)15(19)16(14)20/h1,3,5-7,12,21H,2,4,8H2. The van der Waals surface area contributed by atoms with Crippen molar-refractivity contribution in [1.29, 1.82) is 0 Å². The minimum Gasteiger partial charge on any atom is -0.380 e. The predicted molar refractivity (Wildman–Crippen MR) is 79.9 cm³/mol. The van der Waals surface area contributed by atoms with Crippen LogP contribution in [0.3, 0.4) is 0 Å². The number of hydrogen-bond acceptors (Lipinski definition) is 1. The average molecular weight is 356 g/mol. The summed E-state index contributed by atoms with van der Waals surface area (Å²) in [7, 11) is 0. The molecule has 1 nitrogen and oxygen atoms in total. The highest BCUT2D eigenvalue weighted by atomic mass is 79.9. The molecule has 110 valence electrons. The lowest BCUT2D eigenvalue weighted by molar-refractivity contribution is 0.447. The van der Waals surface area contributed by atoms with Gasteiger partial charge in [-0.1, -0.05) is 22.0 Å². The lowest BCUT2D eigenvalue weighted by Gasteiger charge is -2.26. The summed E-state index contributed by atoms with van der Waals surface area (Å²) in [4.78, 5) is 0. The van der Waals surface area contributed by atoms with Crippen LogP contribution in [-0.4, -0.2) is 6.04 Å². The van der Waals surface area contributed by atoms with Crippen LogP contribution in [0.1, 0.15) is 17.5 Å². The molecule has 0 amide bonds. The summed E-state index contributed by atoms with van der Waals surface area (Å²) in [5.74, 6) is -3.76. The summed E-state index contributed by atoms with van der Waals surface area (Å²) in [6.45, 7) is 0. The van der Waals surface area contributed by atoms with Crippen molar-refractivity contribution in [3.63, 3.8) is 0 Å². The molecule has 2 aromatic rings. The molecule has 0 radical (unpaired) electrons. The molecule has 1 aliphatic carbocycles. The number of fused-ring (bicyclic) bond motifs is 1. The van der Waals surface area contributed by atoms with E-state index in [0.717, 1.165) is 29.8 Å². The Morgan fingerprint density at radius 1 is 1.00 bits per heavy atom. The van der Waals surface area contributed by atoms with Crippen molar-refractivity contribution < 1.29 is 13.2 Å². The summed E-state index contributed by atoms with van der Waals surface area (Å²) in [6, 6.07) is 8.29. The van der Waals surface area contributed by atoms with Gasteiger partial charge in [0.25, 0.3) is 0 Å². The van der Waals surface area contributed by atoms with E-state index >= 15 is 0 Å². The zero-order valence-corrected chi connectivity index (χ0v) is 12.7. The average Bonchev–Trinajstić information content (AvgIpc) is 2.48. The highest BCUT2D eigenvalue weighted by Crippen LogP contribution is 2.28. The molecule has 1 unspecified atom stereocenters. The van der Waals surface area contributed by atoms with Gasteiger partial charge in [-0.3, -0.25) is 0 Å². The number of anilines is 1. The van der Waals surface area contributed by atoms with Crippen molar-refractivity contribution in [2.45, 2.75) is 25.3 Å². The maximum absolute atomic E-state index is 13.7. The molecule has 0 bridgehead atoms. The van der Waals surface area contributed by atoms with Crippen molar-refractivity contribution in [2.75, 3.05) is 5.32 Å². The quantitative estimate of drug-likeness (QED) is 0.760. The van der Waals surface area contributed by atoms with Crippen LogP contribution in [0.5, 0.6) is 0 Å². The van der Waals surface area contributed by atoms with E-state index < -0.39 is 17.5 Å². The third-order valence-corrected chi connectivity index (χ3v) is 4.28. The van der Waals surface area contributed by atoms with E-state index in [4.69, 9.17) is 0 Å². The first-order chi connectivity index (χ1) is 10.0. The van der Waals surface area contributed by atoms with Crippen LogP contribution in [0, 0.1) is 17.5 Å². The lowest BCUT2D eigenvalue weighted by Crippen LogP contribution is -2.28. The van der Waals surface area contributed by atoms with Gasteiger partial charge >= 0.3 is 0 Å². The van der Waals surface area contributed by atoms with Crippen LogP contribution in [0.15, 0.2) is 34.8 Å². The van der Waals surface area contributed by atoms with E-state index in [9.17, 15) is 13.2 Å². The fourth-order valence-electron chi connectivity index (χ4n) is 2.70. The van der Waals surface area contributed by atoms with Gasteiger partial charge in [0.05, 0.1) is 5.69 Å². The summed E-state index contributed by atoms with van der Waals surface area (Å²) < 4.78 is 40.9. The Kier molecular flexibility index (Phi) is 3.93. The van der Waals surface area contributed by atoms with Crippen molar-refractivity contribution in [3.05, 3.63) is 63.4 Å². The van der Waals surface area contributed by atoms with Crippen LogP contribution >= 0.6 is 15.9 Å². The monoisotopic (exact) mass is 355 g/mol. The topological polar surface area (TPSA) is 12.0 Å². The van der Waals surface area contributed by atoms with Crippen LogP contribution < -0.4 is 5.32 Å². The third-order valence-electron chi connectivity index (χ3n) is 3.79. The van der Waals surface area contributed by atoms with Crippen LogP contribution in [0.4, 0.5) is 18.9 Å². The molecule has 1 atom stereocenters. The Bertz CT molecular complexity index is 687. The summed E-state index contributed by atoms with van der Waals surface area (Å²) in [5, 5.41) is 2.98. The normalized spacial score (nSPS) is 17.4. The number of rotatable bonds is 2. The first kappa shape index (κ1) is 14.4. The van der Waals surface area contributed by atoms with Crippen molar-refractivity contribution in [1.82, 2.24) is 0 Å². The number of aryl methyl sites for hydroxylation is 1. The molecule has 1 N–H and O–H groups in total. The van der Waals surface area contributed by atoms with Crippen molar-refractivity contribution >= 4 is 21.6 Å². The predicted octanol–water partition coefficient (Wildman–Crippen LogP) is 4.84. The molecule has 0 saturated carbocycles. The minimum absolute atomic E-state index is 0.0121. The van der Waals surface area contributed by atoms with E-state index in [1.807, 2.05) is 12.1 Å². The molecule has 0 aliphatic heterocycles. The Balaban J connectivity index is 1.79. The number of nitrogens with one attached hydrogen (secondary N) is 1. The maximum atomic E-state index is 13.7. The van der Waals surface area contributed by atoms with Gasteiger partial charge in [-0.25, -0.2) is 13.2 Å². The number of hydrogen-bond donors (Lipinski definition) is 1. The van der Waals surface area contributed by atoms with E-state index in [1.54, 1.807) is 0 Å². The molecule has 0 saturated heterocycles. The SMILES string of the molecule is Fc1ccc(NC2CCc3cc(Br)ccc3C2)c(F)c1F. The Morgan fingerprint density at radius 2 is 1.81 bits per heavy atom. The van der Waals surface area contributed by atoms with Gasteiger partial charge < -0.3 is 5.32 Å². The molecule has 5 heteroatoms. The molecule has 0 heterocycles. The second kappa shape index (κ2) is 5.72. The zero-order chi connectivity index (χ0) is 15.0. The molecule has 0 spiro atoms. The molecule has 21 heavy (non-hydrogen) atoms. The van der Waals surface area contributed by atoms with Gasteiger partial charge in [0.15, 0.2) is 17.5 Å². The third kappa shape index (κ3) is 2.93. The first-order valence-corrected chi connectivity index (χ1v) is 7.51. The fraction of sp³-hybridized carbons (Fsp3) is 0.250. The largest absolute Gasteiger partial charge is 0.380 e. The first-order valence-electron chi connectivity index (χ1n) is 6.72. The molecule has 1 aliphatic rings. The minimum atomic E-state index is -1.43. The van der Waals surface area contributed by atoms with E-state index in [0.29, 0.717) is 0 Å². The molecule has 0 aromatic heterocycles. The highest BCUT2D eigenvalue weighted by Gasteiger charge is 2.21. The van der Waals surface area contributed by atoms with Crippen molar-refractivity contribution in [2.24, 2.45) is 0 Å². The van der Waals surface area contributed by atoms with Gasteiger partial charge in [-0.2, -0.15) is 0 Å². The fourth-order valence-corrected chi connectivity index (χ4v) is 3.11. The highest BCUT2D eigenvalue weighted by molar-refractivity contribution is 9.10. The second-order valence-electron chi connectivity index (χ2n) is 5.22. The molecule has 0 fully saturated rings. The Morgan fingerprint density at radius 3 is 2.62 bits per heavy atom. The maximum Gasteiger partial charge on any atom is 0.196 e. The van der Waals surface area contributed by atoms with E-state index in [2.05, 4.69) is 27.3 Å². The molecule has 2 aromatic carbocycles. The van der Waals surface area contributed by atoms with Gasteiger partial charge in [0, 0.05) is 10.5 Å². The van der Waals surface area contributed by atoms with E-state index in [1.165, 1.54) is 17.2 Å². The zero-order valence-electron chi connectivity index (χ0n) is 11.1. The summed E-state index contributed by atoms with van der Waals surface area (Å²) in [6.07, 6.45) is 2.43. The summed E-state index contributed by atoms with van der Waals surface area (Å²) in [5.41, 5.74) is 2.48. The smallest absolute Gasteiger partial charge is 0.196 e. The van der Waals surface area contributed by atoms with Gasteiger partial charge in [0.2, 0.25) is 0 Å². The van der Waals surface area contributed by atoms with Crippen LogP contribution in [-0.2, 0) is 12.8 Å². The van der Waals surface area contributed by atoms with Crippen LogP contribution in [0.2, 0.25) is 0 Å². The van der Waals surface area contributed by atoms with Crippen molar-refractivity contribution in [3.8, 4) is 0 Å². The van der Waals surface area contributed by atoms with Gasteiger partial charge in [0.1, 0.15) is 0 Å². The van der Waals surface area contributed by atoms with Crippen LogP contribution in [0.25, 0.3) is 0 Å². The molecular formula is C16H13BrF3N. The van der Waals surface area contributed by atoms with E-state index in [-0.39, 0.29) is 11.7 Å².